The van der Waals surface area contributed by atoms with Gasteiger partial charge in [-0.05, 0) is 51.4 Å². The van der Waals surface area contributed by atoms with Gasteiger partial charge in [-0.2, -0.15) is 0 Å². The molecular formula is C53H95NO7. The number of nitrogens with zero attached hydrogens (tertiary/aromatic N) is 1. The van der Waals surface area contributed by atoms with Crippen LogP contribution in [0.2, 0.25) is 0 Å². The largest absolute Gasteiger partial charge is 0.544 e. The number of likely N-dealkylation sites (N-methyl/N-ethyl adjacent to an activating group) is 1. The predicted octanol–water partition coefficient (Wildman–Crippen LogP) is 13.0. The Balaban J connectivity index is 4.27. The van der Waals surface area contributed by atoms with Crippen molar-refractivity contribution in [2.75, 3.05) is 41.0 Å². The van der Waals surface area contributed by atoms with E-state index in [2.05, 4.69) is 62.5 Å². The third-order valence-electron chi connectivity index (χ3n) is 11.2. The topological polar surface area (TPSA) is 102 Å². The number of quaternary nitrogens is 1. The van der Waals surface area contributed by atoms with Gasteiger partial charge < -0.3 is 28.6 Å². The Morgan fingerprint density at radius 3 is 1.36 bits per heavy atom. The first-order chi connectivity index (χ1) is 29.6. The SMILES string of the molecule is CC/C=C/C/C=C/C/C=C/C/C=C/CCCCCCCCC(=O)OC(COCCC(C(=O)[O-])[N+](C)(C)C)COC(=O)CCCCCCCCCCCCCCCCCCCC. The zero-order valence-electron chi connectivity index (χ0n) is 40.3. The third kappa shape index (κ3) is 42.4. The average Bonchev–Trinajstić information content (AvgIpc) is 3.22. The van der Waals surface area contributed by atoms with E-state index in [0.717, 1.165) is 77.0 Å². The summed E-state index contributed by atoms with van der Waals surface area (Å²) in [5.41, 5.74) is 0. The molecule has 0 bridgehead atoms. The molecule has 0 radical (unpaired) electrons. The van der Waals surface area contributed by atoms with E-state index in [-0.39, 0.29) is 42.7 Å². The molecule has 0 heterocycles. The van der Waals surface area contributed by atoms with Crippen molar-refractivity contribution in [3.05, 3.63) is 48.6 Å². The van der Waals surface area contributed by atoms with Crippen LogP contribution < -0.4 is 5.11 Å². The van der Waals surface area contributed by atoms with E-state index in [1.54, 1.807) is 21.1 Å². The van der Waals surface area contributed by atoms with E-state index in [1.165, 1.54) is 109 Å². The Labute approximate surface area is 376 Å². The average molecular weight is 858 g/mol. The van der Waals surface area contributed by atoms with Crippen LogP contribution in [-0.2, 0) is 28.6 Å². The van der Waals surface area contributed by atoms with Crippen LogP contribution in [0.3, 0.4) is 0 Å². The van der Waals surface area contributed by atoms with Gasteiger partial charge in [0.25, 0.3) is 0 Å². The first-order valence-corrected chi connectivity index (χ1v) is 25.2. The monoisotopic (exact) mass is 858 g/mol. The highest BCUT2D eigenvalue weighted by molar-refractivity contribution is 5.70. The minimum atomic E-state index is -1.13. The van der Waals surface area contributed by atoms with Crippen molar-refractivity contribution in [3.63, 3.8) is 0 Å². The molecule has 8 nitrogen and oxygen atoms in total. The lowest BCUT2D eigenvalue weighted by Gasteiger charge is -2.34. The minimum absolute atomic E-state index is 0.0361. The summed E-state index contributed by atoms with van der Waals surface area (Å²) in [6.07, 6.45) is 52.8. The van der Waals surface area contributed by atoms with Crippen LogP contribution in [-0.4, -0.2) is 75.5 Å². The quantitative estimate of drug-likeness (QED) is 0.0260. The van der Waals surface area contributed by atoms with Gasteiger partial charge in [0.05, 0.1) is 40.3 Å². The maximum atomic E-state index is 12.8. The van der Waals surface area contributed by atoms with Crippen LogP contribution >= 0.6 is 0 Å². The van der Waals surface area contributed by atoms with E-state index in [4.69, 9.17) is 14.2 Å². The van der Waals surface area contributed by atoms with Gasteiger partial charge in [0.15, 0.2) is 6.10 Å². The molecule has 0 amide bonds. The van der Waals surface area contributed by atoms with E-state index in [0.29, 0.717) is 12.8 Å². The van der Waals surface area contributed by atoms with Crippen LogP contribution in [0.1, 0.15) is 219 Å². The zero-order chi connectivity index (χ0) is 44.9. The molecule has 2 unspecified atom stereocenters. The number of aliphatic carboxylic acids is 1. The second-order valence-corrected chi connectivity index (χ2v) is 18.0. The van der Waals surface area contributed by atoms with Gasteiger partial charge in [-0.25, -0.2) is 0 Å². The van der Waals surface area contributed by atoms with Crippen molar-refractivity contribution >= 4 is 17.9 Å². The van der Waals surface area contributed by atoms with Crippen LogP contribution in [0.25, 0.3) is 0 Å². The summed E-state index contributed by atoms with van der Waals surface area (Å²) in [6, 6.07) is -0.729. The molecule has 0 aliphatic rings. The van der Waals surface area contributed by atoms with Gasteiger partial charge >= 0.3 is 11.9 Å². The number of carbonyl (C=O) groups is 3. The molecule has 0 saturated heterocycles. The molecule has 0 aliphatic heterocycles. The first kappa shape index (κ1) is 58.3. The number of carboxylic acids is 1. The van der Waals surface area contributed by atoms with Crippen molar-refractivity contribution in [2.45, 2.75) is 231 Å². The van der Waals surface area contributed by atoms with Gasteiger partial charge in [0, 0.05) is 19.3 Å². The fraction of sp³-hybridized carbons (Fsp3) is 0.792. The van der Waals surface area contributed by atoms with Gasteiger partial charge in [-0.15, -0.1) is 0 Å². The summed E-state index contributed by atoms with van der Waals surface area (Å²) in [6.45, 7) is 4.56. The Hall–Kier alpha value is -2.71. The lowest BCUT2D eigenvalue weighted by atomic mass is 10.0. The van der Waals surface area contributed by atoms with E-state index >= 15 is 0 Å². The summed E-state index contributed by atoms with van der Waals surface area (Å²) in [4.78, 5) is 37.0. The van der Waals surface area contributed by atoms with Gasteiger partial charge in [-0.1, -0.05) is 197 Å². The number of carboxylic acid groups (broad SMARTS) is 1. The Kier molecular flexibility index (Phi) is 42.0. The molecular weight excluding hydrogens is 763 g/mol. The van der Waals surface area contributed by atoms with Gasteiger partial charge in [-0.3, -0.25) is 9.59 Å². The number of hydrogen-bond donors (Lipinski definition) is 0. The maximum absolute atomic E-state index is 12.8. The molecule has 0 saturated carbocycles. The standard InChI is InChI=1S/C53H95NO7/c1-6-8-10-12-14-16-18-20-22-24-26-28-30-32-34-36-38-40-42-44-52(56)61-49(47-59-46-45-50(53(57)58)54(3,4)5)48-60-51(55)43-41-39-37-35-33-31-29-27-25-23-21-19-17-15-13-11-9-7-2/h8,10,14,16,20,22,26,28,49-50H,6-7,9,11-13,15,17-19,21,23-25,27,29-48H2,1-5H3/b10-8+,16-14+,22-20+,28-26+. The molecule has 0 aromatic rings. The predicted molar refractivity (Wildman–Crippen MR) is 254 cm³/mol. The molecule has 61 heavy (non-hydrogen) atoms. The van der Waals surface area contributed by atoms with Crippen molar-refractivity contribution in [1.82, 2.24) is 0 Å². The number of allylic oxidation sites excluding steroid dienone is 8. The molecule has 0 aromatic heterocycles. The number of carbonyl (C=O) groups excluding carboxylic acids is 3. The van der Waals surface area contributed by atoms with Crippen molar-refractivity contribution in [2.24, 2.45) is 0 Å². The first-order valence-electron chi connectivity index (χ1n) is 25.2. The molecule has 0 aromatic carbocycles. The van der Waals surface area contributed by atoms with E-state index < -0.39 is 18.1 Å². The zero-order valence-corrected chi connectivity index (χ0v) is 40.3. The highest BCUT2D eigenvalue weighted by atomic mass is 16.6. The smallest absolute Gasteiger partial charge is 0.306 e. The van der Waals surface area contributed by atoms with Crippen LogP contribution in [0.5, 0.6) is 0 Å². The summed E-state index contributed by atoms with van der Waals surface area (Å²) >= 11 is 0. The Morgan fingerprint density at radius 2 is 0.918 bits per heavy atom. The number of esters is 2. The molecule has 0 rings (SSSR count). The van der Waals surface area contributed by atoms with Crippen molar-refractivity contribution < 1.29 is 38.2 Å². The van der Waals surface area contributed by atoms with Gasteiger partial charge in [0.2, 0.25) is 0 Å². The van der Waals surface area contributed by atoms with E-state index in [1.807, 2.05) is 0 Å². The fourth-order valence-electron chi connectivity index (χ4n) is 7.36. The Bertz CT molecular complexity index is 1140. The van der Waals surface area contributed by atoms with Crippen molar-refractivity contribution in [1.29, 1.82) is 0 Å². The van der Waals surface area contributed by atoms with Gasteiger partial charge in [0.1, 0.15) is 12.6 Å². The lowest BCUT2D eigenvalue weighted by Crippen LogP contribution is -2.55. The molecule has 8 heteroatoms. The summed E-state index contributed by atoms with van der Waals surface area (Å²) < 4.78 is 17.2. The number of ether oxygens (including phenoxy) is 3. The summed E-state index contributed by atoms with van der Waals surface area (Å²) in [5, 5.41) is 11.7. The van der Waals surface area contributed by atoms with Crippen LogP contribution in [0, 0.1) is 0 Å². The number of unbranched alkanes of at least 4 members (excludes halogenated alkanes) is 23. The highest BCUT2D eigenvalue weighted by Crippen LogP contribution is 2.16. The summed E-state index contributed by atoms with van der Waals surface area (Å²) in [7, 11) is 5.41. The number of hydrogen-bond acceptors (Lipinski definition) is 7. The lowest BCUT2D eigenvalue weighted by molar-refractivity contribution is -0.889. The Morgan fingerprint density at radius 1 is 0.508 bits per heavy atom. The normalized spacial score (nSPS) is 13.3. The molecule has 0 aliphatic carbocycles. The fourth-order valence-corrected chi connectivity index (χ4v) is 7.36. The highest BCUT2D eigenvalue weighted by Gasteiger charge is 2.25. The van der Waals surface area contributed by atoms with Crippen LogP contribution in [0.15, 0.2) is 48.6 Å². The second kappa shape index (κ2) is 43.9. The minimum Gasteiger partial charge on any atom is -0.544 e. The van der Waals surface area contributed by atoms with Crippen molar-refractivity contribution in [3.8, 4) is 0 Å². The summed E-state index contributed by atoms with van der Waals surface area (Å²) in [5.74, 6) is -1.74. The molecule has 0 spiro atoms. The maximum Gasteiger partial charge on any atom is 0.306 e. The molecule has 0 N–H and O–H groups in total. The third-order valence-corrected chi connectivity index (χ3v) is 11.2. The molecule has 0 fully saturated rings. The molecule has 354 valence electrons. The van der Waals surface area contributed by atoms with Crippen LogP contribution in [0.4, 0.5) is 0 Å². The second-order valence-electron chi connectivity index (χ2n) is 18.0. The van der Waals surface area contributed by atoms with E-state index in [9.17, 15) is 19.5 Å². The number of rotatable bonds is 45. The molecule has 2 atom stereocenters.